The summed E-state index contributed by atoms with van der Waals surface area (Å²) in [5, 5.41) is 34.2. The number of amides is 3. The molecular formula is C19H35N7O8. The molecule has 34 heavy (non-hydrogen) atoms. The molecule has 0 aliphatic carbocycles. The number of carboxylic acids is 2. The molecule has 0 aliphatic heterocycles. The van der Waals surface area contributed by atoms with Gasteiger partial charge in [0.15, 0.2) is 5.96 Å². The average Bonchev–Trinajstić information content (AvgIpc) is 2.74. The fourth-order valence-electron chi connectivity index (χ4n) is 2.71. The van der Waals surface area contributed by atoms with Gasteiger partial charge in [-0.2, -0.15) is 0 Å². The number of nitrogens with two attached hydrogens (primary N) is 3. The first-order valence-corrected chi connectivity index (χ1v) is 10.6. The van der Waals surface area contributed by atoms with Crippen LogP contribution in [0.2, 0.25) is 0 Å². The second-order valence-electron chi connectivity index (χ2n) is 7.86. The largest absolute Gasteiger partial charge is 0.481 e. The Morgan fingerprint density at radius 1 is 0.882 bits per heavy atom. The van der Waals surface area contributed by atoms with Crippen LogP contribution in [0.15, 0.2) is 4.99 Å². The maximum atomic E-state index is 12.9. The van der Waals surface area contributed by atoms with Crippen LogP contribution < -0.4 is 33.2 Å². The number of carbonyl (C=O) groups excluding carboxylic acids is 3. The van der Waals surface area contributed by atoms with E-state index in [0.29, 0.717) is 0 Å². The number of aliphatic carboxylic acids is 2. The molecule has 12 N–H and O–H groups in total. The van der Waals surface area contributed by atoms with Crippen LogP contribution in [-0.4, -0.2) is 88.3 Å². The Hall–Kier alpha value is -3.46. The number of hydrogen-bond acceptors (Lipinski definition) is 8. The summed E-state index contributed by atoms with van der Waals surface area (Å²) >= 11 is 0. The molecule has 0 saturated heterocycles. The molecule has 3 amide bonds. The number of hydrogen-bond donors (Lipinski definition) is 9. The van der Waals surface area contributed by atoms with Gasteiger partial charge in [-0.25, -0.2) is 4.79 Å². The molecule has 0 fully saturated rings. The highest BCUT2D eigenvalue weighted by Gasteiger charge is 2.31. The number of carboxylic acid groups (broad SMARTS) is 2. The number of guanidine groups is 1. The van der Waals surface area contributed by atoms with Crippen molar-refractivity contribution in [3.8, 4) is 0 Å². The van der Waals surface area contributed by atoms with Gasteiger partial charge >= 0.3 is 11.9 Å². The Morgan fingerprint density at radius 3 is 1.94 bits per heavy atom. The fraction of sp³-hybridized carbons (Fsp3) is 0.684. The zero-order chi connectivity index (χ0) is 26.4. The molecule has 0 aromatic carbocycles. The third-order valence-corrected chi connectivity index (χ3v) is 4.62. The quantitative estimate of drug-likeness (QED) is 0.0580. The number of aliphatic hydroxyl groups is 1. The van der Waals surface area contributed by atoms with E-state index in [0.717, 1.165) is 0 Å². The molecule has 0 spiro atoms. The van der Waals surface area contributed by atoms with Crippen LogP contribution in [0.4, 0.5) is 0 Å². The Balaban J connectivity index is 5.45. The Labute approximate surface area is 196 Å². The molecule has 0 radical (unpaired) electrons. The summed E-state index contributed by atoms with van der Waals surface area (Å²) in [6.45, 7) is 2.71. The Bertz CT molecular complexity index is 755. The highest BCUT2D eigenvalue weighted by molar-refractivity contribution is 5.94. The molecule has 4 unspecified atom stereocenters. The first-order chi connectivity index (χ1) is 15.8. The van der Waals surface area contributed by atoms with E-state index in [1.54, 1.807) is 13.8 Å². The Morgan fingerprint density at radius 2 is 1.47 bits per heavy atom. The van der Waals surface area contributed by atoms with Gasteiger partial charge in [0.2, 0.25) is 17.7 Å². The van der Waals surface area contributed by atoms with Gasteiger partial charge in [0.1, 0.15) is 24.2 Å². The normalized spacial score (nSPS) is 14.3. The van der Waals surface area contributed by atoms with Gasteiger partial charge in [0, 0.05) is 13.0 Å². The van der Waals surface area contributed by atoms with E-state index >= 15 is 0 Å². The minimum Gasteiger partial charge on any atom is -0.481 e. The zero-order valence-electron chi connectivity index (χ0n) is 19.2. The molecule has 0 bridgehead atoms. The SMILES string of the molecule is CC(C)C(NC(=O)C(CCCN=C(N)N)NC(=O)C(N)CO)C(=O)NC(CCC(=O)O)C(=O)O. The van der Waals surface area contributed by atoms with E-state index in [9.17, 15) is 29.1 Å². The highest BCUT2D eigenvalue weighted by Crippen LogP contribution is 2.07. The lowest BCUT2D eigenvalue weighted by Crippen LogP contribution is -2.58. The molecule has 0 saturated carbocycles. The van der Waals surface area contributed by atoms with Crippen LogP contribution in [0.1, 0.15) is 39.5 Å². The summed E-state index contributed by atoms with van der Waals surface area (Å²) < 4.78 is 0. The first kappa shape index (κ1) is 30.5. The third kappa shape index (κ3) is 12.0. The van der Waals surface area contributed by atoms with Crippen LogP contribution >= 0.6 is 0 Å². The minimum atomic E-state index is -1.47. The molecule has 15 heteroatoms. The number of rotatable bonds is 16. The minimum absolute atomic E-state index is 0.0648. The topological polar surface area (TPSA) is 273 Å². The molecule has 0 aromatic heterocycles. The maximum Gasteiger partial charge on any atom is 0.326 e. The van der Waals surface area contributed by atoms with E-state index in [4.69, 9.17) is 27.4 Å². The van der Waals surface area contributed by atoms with Crippen molar-refractivity contribution in [2.45, 2.75) is 63.7 Å². The van der Waals surface area contributed by atoms with Gasteiger partial charge in [-0.3, -0.25) is 24.2 Å². The van der Waals surface area contributed by atoms with Crippen molar-refractivity contribution in [1.29, 1.82) is 0 Å². The van der Waals surface area contributed by atoms with Crippen LogP contribution in [0.25, 0.3) is 0 Å². The number of aliphatic imine (C=N–C) groups is 1. The smallest absolute Gasteiger partial charge is 0.326 e. The molecular weight excluding hydrogens is 454 g/mol. The van der Waals surface area contributed by atoms with Crippen molar-refractivity contribution in [2.75, 3.05) is 13.2 Å². The van der Waals surface area contributed by atoms with Gasteiger partial charge in [-0.15, -0.1) is 0 Å². The average molecular weight is 490 g/mol. The summed E-state index contributed by atoms with van der Waals surface area (Å²) in [7, 11) is 0. The lowest BCUT2D eigenvalue weighted by Gasteiger charge is -2.27. The highest BCUT2D eigenvalue weighted by atomic mass is 16.4. The van der Waals surface area contributed by atoms with Crippen molar-refractivity contribution in [2.24, 2.45) is 28.1 Å². The lowest BCUT2D eigenvalue weighted by molar-refractivity contribution is -0.143. The van der Waals surface area contributed by atoms with E-state index in [1.807, 2.05) is 0 Å². The third-order valence-electron chi connectivity index (χ3n) is 4.62. The molecule has 194 valence electrons. The summed E-state index contributed by atoms with van der Waals surface area (Å²) in [6.07, 6.45) is -0.489. The fourth-order valence-corrected chi connectivity index (χ4v) is 2.71. The molecule has 0 rings (SSSR count). The van der Waals surface area contributed by atoms with Crippen LogP contribution in [0.3, 0.4) is 0 Å². The van der Waals surface area contributed by atoms with E-state index in [1.165, 1.54) is 0 Å². The predicted octanol–water partition coefficient (Wildman–Crippen LogP) is -3.58. The predicted molar refractivity (Wildman–Crippen MR) is 120 cm³/mol. The zero-order valence-corrected chi connectivity index (χ0v) is 19.2. The van der Waals surface area contributed by atoms with Crippen LogP contribution in [0, 0.1) is 5.92 Å². The van der Waals surface area contributed by atoms with Gasteiger partial charge in [-0.1, -0.05) is 13.8 Å². The summed E-state index contributed by atoms with van der Waals surface area (Å²) in [4.78, 5) is 63.6. The van der Waals surface area contributed by atoms with E-state index < -0.39 is 72.8 Å². The Kier molecular flexibility index (Phi) is 13.8. The molecule has 4 atom stereocenters. The monoisotopic (exact) mass is 489 g/mol. The molecule has 0 heterocycles. The van der Waals surface area contributed by atoms with Crippen LogP contribution in [-0.2, 0) is 24.0 Å². The second kappa shape index (κ2) is 15.4. The first-order valence-electron chi connectivity index (χ1n) is 10.6. The van der Waals surface area contributed by atoms with Crippen molar-refractivity contribution in [1.82, 2.24) is 16.0 Å². The summed E-state index contributed by atoms with van der Waals surface area (Å²) in [5.41, 5.74) is 16.0. The van der Waals surface area contributed by atoms with Gasteiger partial charge in [0.25, 0.3) is 0 Å². The lowest BCUT2D eigenvalue weighted by atomic mass is 10.0. The molecule has 0 aromatic rings. The van der Waals surface area contributed by atoms with Gasteiger partial charge in [0.05, 0.1) is 6.61 Å². The maximum absolute atomic E-state index is 12.9. The van der Waals surface area contributed by atoms with Crippen molar-refractivity contribution >= 4 is 35.6 Å². The number of nitrogens with one attached hydrogen (secondary N) is 3. The van der Waals surface area contributed by atoms with Crippen LogP contribution in [0.5, 0.6) is 0 Å². The summed E-state index contributed by atoms with van der Waals surface area (Å²) in [5.74, 6) is -5.68. The number of aliphatic hydroxyl groups excluding tert-OH is 1. The van der Waals surface area contributed by atoms with E-state index in [-0.39, 0.29) is 31.8 Å². The number of nitrogens with zero attached hydrogens (tertiary/aromatic N) is 1. The number of carbonyl (C=O) groups is 5. The summed E-state index contributed by atoms with van der Waals surface area (Å²) in [6, 6.07) is -5.10. The van der Waals surface area contributed by atoms with Gasteiger partial charge in [-0.05, 0) is 25.2 Å². The standard InChI is InChI=1S/C19H35N7O8/c1-9(2)14(17(32)25-12(18(33)34)5-6-13(28)29)26-16(31)11(4-3-7-23-19(21)22)24-15(30)10(20)8-27/h9-12,14,27H,3-8,20H2,1-2H3,(H,24,30)(H,25,32)(H,26,31)(H,28,29)(H,33,34)(H4,21,22,23). The van der Waals surface area contributed by atoms with Crippen molar-refractivity contribution in [3.05, 3.63) is 0 Å². The van der Waals surface area contributed by atoms with E-state index in [2.05, 4.69) is 20.9 Å². The molecule has 15 nitrogen and oxygen atoms in total. The van der Waals surface area contributed by atoms with Crippen molar-refractivity contribution in [3.63, 3.8) is 0 Å². The van der Waals surface area contributed by atoms with Crippen molar-refractivity contribution < 1.29 is 39.3 Å². The second-order valence-corrected chi connectivity index (χ2v) is 7.86. The van der Waals surface area contributed by atoms with Gasteiger partial charge < -0.3 is 48.5 Å². The molecule has 0 aliphatic rings.